The first-order chi connectivity index (χ1) is 7.92. The number of ether oxygens (including phenoxy) is 1. The summed E-state index contributed by atoms with van der Waals surface area (Å²) in [4.78, 5) is 0.258. The van der Waals surface area contributed by atoms with E-state index in [9.17, 15) is 8.42 Å². The lowest BCUT2D eigenvalue weighted by Gasteiger charge is -2.12. The Balaban J connectivity index is 3.25. The molecule has 0 amide bonds. The molecule has 3 nitrogen and oxygen atoms in total. The number of halogens is 1. The van der Waals surface area contributed by atoms with Gasteiger partial charge >= 0.3 is 0 Å². The average Bonchev–Trinajstić information content (AvgIpc) is 2.29. The van der Waals surface area contributed by atoms with Gasteiger partial charge in [0.05, 0.1) is 12.9 Å². The lowest BCUT2D eigenvalue weighted by Crippen LogP contribution is -2.09. The molecule has 0 aliphatic heterocycles. The molecule has 1 rings (SSSR count). The molecule has 0 atom stereocenters. The minimum Gasteiger partial charge on any atom is -0.495 e. The third kappa shape index (κ3) is 3.36. The highest BCUT2D eigenvalue weighted by Gasteiger charge is 2.20. The largest absolute Gasteiger partial charge is 0.495 e. The van der Waals surface area contributed by atoms with Crippen molar-refractivity contribution in [2.45, 2.75) is 25.2 Å². The van der Waals surface area contributed by atoms with Crippen molar-refractivity contribution in [3.63, 3.8) is 0 Å². The van der Waals surface area contributed by atoms with Gasteiger partial charge in [0.1, 0.15) is 10.6 Å². The van der Waals surface area contributed by atoms with Crippen molar-refractivity contribution in [2.75, 3.05) is 18.7 Å². The number of aryl methyl sites for hydroxylation is 2. The Kier molecular flexibility index (Phi) is 4.83. The van der Waals surface area contributed by atoms with E-state index >= 15 is 0 Å². The highest BCUT2D eigenvalue weighted by Crippen LogP contribution is 2.28. The highest BCUT2D eigenvalue weighted by molar-refractivity contribution is 7.91. The molecule has 96 valence electrons. The summed E-state index contributed by atoms with van der Waals surface area (Å²) in [6.45, 7) is 3.81. The van der Waals surface area contributed by atoms with Gasteiger partial charge in [0.15, 0.2) is 9.84 Å². The van der Waals surface area contributed by atoms with Crippen molar-refractivity contribution >= 4 is 21.4 Å². The van der Waals surface area contributed by atoms with Crippen LogP contribution in [0.25, 0.3) is 0 Å². The Morgan fingerprint density at radius 3 is 2.35 bits per heavy atom. The Hall–Kier alpha value is -0.740. The average molecular weight is 277 g/mol. The summed E-state index contributed by atoms with van der Waals surface area (Å²) in [6.07, 6.45) is 0.444. The lowest BCUT2D eigenvalue weighted by atomic mass is 10.1. The standard InChI is InChI=1S/C12H17ClO3S/c1-9-7-11(16-3)12(8-10(9)2)17(14,15)6-4-5-13/h7-8H,4-6H2,1-3H3. The maximum Gasteiger partial charge on any atom is 0.182 e. The number of hydrogen-bond donors (Lipinski definition) is 0. The van der Waals surface area contributed by atoms with Crippen LogP contribution in [0, 0.1) is 13.8 Å². The third-order valence-electron chi connectivity index (χ3n) is 2.66. The zero-order valence-electron chi connectivity index (χ0n) is 10.3. The molecule has 0 heterocycles. The monoisotopic (exact) mass is 276 g/mol. The van der Waals surface area contributed by atoms with Crippen molar-refractivity contribution in [2.24, 2.45) is 0 Å². The van der Waals surface area contributed by atoms with E-state index in [2.05, 4.69) is 0 Å². The van der Waals surface area contributed by atoms with E-state index in [-0.39, 0.29) is 10.6 Å². The maximum atomic E-state index is 12.1. The van der Waals surface area contributed by atoms with Crippen molar-refractivity contribution in [1.82, 2.24) is 0 Å². The summed E-state index contributed by atoms with van der Waals surface area (Å²) in [7, 11) is -1.84. The quantitative estimate of drug-likeness (QED) is 0.777. The van der Waals surface area contributed by atoms with Crippen LogP contribution in [-0.4, -0.2) is 27.2 Å². The van der Waals surface area contributed by atoms with E-state index in [4.69, 9.17) is 16.3 Å². The number of hydrogen-bond acceptors (Lipinski definition) is 3. The van der Waals surface area contributed by atoms with Gasteiger partial charge in [0.25, 0.3) is 0 Å². The van der Waals surface area contributed by atoms with E-state index in [1.807, 2.05) is 13.8 Å². The van der Waals surface area contributed by atoms with Crippen LogP contribution in [0.5, 0.6) is 5.75 Å². The van der Waals surface area contributed by atoms with Crippen molar-refractivity contribution in [3.8, 4) is 5.75 Å². The Morgan fingerprint density at radius 2 is 1.82 bits per heavy atom. The summed E-state index contributed by atoms with van der Waals surface area (Å²) in [5.41, 5.74) is 1.95. The fourth-order valence-electron chi connectivity index (χ4n) is 1.52. The van der Waals surface area contributed by atoms with Gasteiger partial charge in [-0.25, -0.2) is 8.42 Å². The van der Waals surface area contributed by atoms with Crippen LogP contribution in [0.15, 0.2) is 17.0 Å². The van der Waals surface area contributed by atoms with Gasteiger partial charge < -0.3 is 4.74 Å². The van der Waals surface area contributed by atoms with Crippen LogP contribution < -0.4 is 4.74 Å². The SMILES string of the molecule is COc1cc(C)c(C)cc1S(=O)(=O)CCCCl. The molecule has 0 unspecified atom stereocenters. The zero-order valence-corrected chi connectivity index (χ0v) is 11.9. The minimum absolute atomic E-state index is 0.0510. The first kappa shape index (κ1) is 14.3. The van der Waals surface area contributed by atoms with Gasteiger partial charge in [0.2, 0.25) is 0 Å². The summed E-state index contributed by atoms with van der Waals surface area (Å²) < 4.78 is 29.3. The molecule has 0 aliphatic carbocycles. The molecule has 17 heavy (non-hydrogen) atoms. The van der Waals surface area contributed by atoms with E-state index in [0.717, 1.165) is 11.1 Å². The summed E-state index contributed by atoms with van der Waals surface area (Å²) >= 11 is 5.53. The van der Waals surface area contributed by atoms with Gasteiger partial charge in [-0.1, -0.05) is 0 Å². The molecule has 0 saturated carbocycles. The first-order valence-electron chi connectivity index (χ1n) is 5.36. The summed E-state index contributed by atoms with van der Waals surface area (Å²) in [5.74, 6) is 0.796. The number of methoxy groups -OCH3 is 1. The van der Waals surface area contributed by atoms with Gasteiger partial charge in [-0.05, 0) is 43.5 Å². The van der Waals surface area contributed by atoms with Crippen molar-refractivity contribution in [1.29, 1.82) is 0 Å². The number of sulfone groups is 1. The van der Waals surface area contributed by atoms with E-state index in [0.29, 0.717) is 18.1 Å². The smallest absolute Gasteiger partial charge is 0.182 e. The minimum atomic E-state index is -3.31. The topological polar surface area (TPSA) is 43.4 Å². The predicted octanol–water partition coefficient (Wildman–Crippen LogP) is 2.71. The molecular weight excluding hydrogens is 260 g/mol. The Labute approximate surface area is 108 Å². The van der Waals surface area contributed by atoms with Gasteiger partial charge in [-0.2, -0.15) is 0 Å². The second-order valence-corrected chi connectivity index (χ2v) is 6.40. The molecule has 1 aromatic carbocycles. The summed E-state index contributed by atoms with van der Waals surface area (Å²) in [6, 6.07) is 3.42. The molecule has 5 heteroatoms. The number of alkyl halides is 1. The molecule has 0 spiro atoms. The second kappa shape index (κ2) is 5.74. The maximum absolute atomic E-state index is 12.1. The molecule has 0 aromatic heterocycles. The number of benzene rings is 1. The molecule has 0 bridgehead atoms. The van der Waals surface area contributed by atoms with E-state index in [1.54, 1.807) is 12.1 Å². The van der Waals surface area contributed by atoms with E-state index < -0.39 is 9.84 Å². The molecular formula is C12H17ClO3S. The molecule has 0 radical (unpaired) electrons. The normalized spacial score (nSPS) is 11.5. The first-order valence-corrected chi connectivity index (χ1v) is 7.55. The summed E-state index contributed by atoms with van der Waals surface area (Å²) in [5, 5.41) is 0. The Bertz CT molecular complexity index is 495. The van der Waals surface area contributed by atoms with Crippen LogP contribution in [0.2, 0.25) is 0 Å². The predicted molar refractivity (Wildman–Crippen MR) is 69.9 cm³/mol. The molecule has 0 saturated heterocycles. The van der Waals surface area contributed by atoms with E-state index in [1.165, 1.54) is 7.11 Å². The van der Waals surface area contributed by atoms with Gasteiger partial charge in [0, 0.05) is 5.88 Å². The van der Waals surface area contributed by atoms with Crippen molar-refractivity contribution < 1.29 is 13.2 Å². The fraction of sp³-hybridized carbons (Fsp3) is 0.500. The zero-order chi connectivity index (χ0) is 13.1. The van der Waals surface area contributed by atoms with Crippen molar-refractivity contribution in [3.05, 3.63) is 23.3 Å². The van der Waals surface area contributed by atoms with Crippen LogP contribution in [0.1, 0.15) is 17.5 Å². The highest BCUT2D eigenvalue weighted by atomic mass is 35.5. The second-order valence-electron chi connectivity index (χ2n) is 3.95. The molecule has 0 fully saturated rings. The van der Waals surface area contributed by atoms with Crippen LogP contribution in [0.4, 0.5) is 0 Å². The van der Waals surface area contributed by atoms with Gasteiger partial charge in [-0.15, -0.1) is 11.6 Å². The van der Waals surface area contributed by atoms with Crippen LogP contribution >= 0.6 is 11.6 Å². The molecule has 0 aliphatic rings. The van der Waals surface area contributed by atoms with Gasteiger partial charge in [-0.3, -0.25) is 0 Å². The Morgan fingerprint density at radius 1 is 1.24 bits per heavy atom. The molecule has 1 aromatic rings. The fourth-order valence-corrected chi connectivity index (χ4v) is 3.36. The third-order valence-corrected chi connectivity index (χ3v) is 4.74. The van der Waals surface area contributed by atoms with Crippen LogP contribution in [0.3, 0.4) is 0 Å². The lowest BCUT2D eigenvalue weighted by molar-refractivity contribution is 0.402. The van der Waals surface area contributed by atoms with Crippen LogP contribution in [-0.2, 0) is 9.84 Å². The molecule has 0 N–H and O–H groups in total. The number of rotatable bonds is 5.